The fourth-order valence-corrected chi connectivity index (χ4v) is 2.65. The molecule has 2 heterocycles. The Morgan fingerprint density at radius 1 is 1.03 bits per heavy atom. The maximum atomic E-state index is 12.5. The number of carbonyl (C=O) groups excluding carboxylic acids is 1. The van der Waals surface area contributed by atoms with Crippen LogP contribution in [0.1, 0.15) is 16.4 Å². The molecule has 31 heavy (non-hydrogen) atoms. The van der Waals surface area contributed by atoms with Crippen molar-refractivity contribution in [3.05, 3.63) is 66.3 Å². The summed E-state index contributed by atoms with van der Waals surface area (Å²) in [4.78, 5) is 24.0. The second kappa shape index (κ2) is 8.38. The summed E-state index contributed by atoms with van der Waals surface area (Å²) in [6.07, 6.45) is -3.30. The van der Waals surface area contributed by atoms with Gasteiger partial charge in [-0.05, 0) is 36.4 Å². The van der Waals surface area contributed by atoms with Crippen molar-refractivity contribution in [2.24, 2.45) is 0 Å². The minimum atomic E-state index is -4.70. The summed E-state index contributed by atoms with van der Waals surface area (Å²) in [6, 6.07) is 13.3. The molecule has 0 radical (unpaired) electrons. The van der Waals surface area contributed by atoms with Gasteiger partial charge in [-0.15, -0.1) is 0 Å². The van der Waals surface area contributed by atoms with Crippen LogP contribution < -0.4 is 10.1 Å². The van der Waals surface area contributed by atoms with E-state index in [1.165, 1.54) is 18.3 Å². The number of amides is 1. The number of benzene rings is 2. The Morgan fingerprint density at radius 3 is 2.48 bits per heavy atom. The van der Waals surface area contributed by atoms with Crippen LogP contribution >= 0.6 is 0 Å². The first-order chi connectivity index (χ1) is 14.9. The molecular weight excluding hydrogens is 415 g/mol. The predicted octanol–water partition coefficient (Wildman–Crippen LogP) is 3.51. The lowest BCUT2D eigenvalue weighted by molar-refractivity contribution is -0.159. The summed E-state index contributed by atoms with van der Waals surface area (Å²) >= 11 is 0. The van der Waals surface area contributed by atoms with Gasteiger partial charge in [0.05, 0.1) is 23.8 Å². The number of para-hydroxylation sites is 2. The van der Waals surface area contributed by atoms with Crippen molar-refractivity contribution in [1.29, 1.82) is 0 Å². The topological polar surface area (TPSA) is 103 Å². The van der Waals surface area contributed by atoms with Crippen LogP contribution in [0.2, 0.25) is 0 Å². The smallest absolute Gasteiger partial charge is 0.471 e. The van der Waals surface area contributed by atoms with Crippen LogP contribution in [-0.2, 0) is 6.18 Å². The van der Waals surface area contributed by atoms with Crippen LogP contribution in [0.5, 0.6) is 5.75 Å². The van der Waals surface area contributed by atoms with Crippen molar-refractivity contribution in [2.45, 2.75) is 6.18 Å². The molecule has 0 aliphatic carbocycles. The molecule has 4 aromatic rings. The zero-order valence-electron chi connectivity index (χ0n) is 15.8. The van der Waals surface area contributed by atoms with Crippen molar-refractivity contribution in [2.75, 3.05) is 13.2 Å². The first-order valence-electron chi connectivity index (χ1n) is 9.04. The van der Waals surface area contributed by atoms with Crippen LogP contribution in [0.3, 0.4) is 0 Å². The van der Waals surface area contributed by atoms with Crippen molar-refractivity contribution in [1.82, 2.24) is 25.4 Å². The Labute approximate surface area is 173 Å². The molecule has 0 saturated heterocycles. The lowest BCUT2D eigenvalue weighted by Gasteiger charge is -2.08. The van der Waals surface area contributed by atoms with E-state index in [1.54, 1.807) is 24.3 Å². The zero-order valence-corrected chi connectivity index (χ0v) is 15.8. The largest absolute Gasteiger partial charge is 0.492 e. The third-order valence-electron chi connectivity index (χ3n) is 4.12. The van der Waals surface area contributed by atoms with Gasteiger partial charge >= 0.3 is 12.1 Å². The average molecular weight is 429 g/mol. The summed E-state index contributed by atoms with van der Waals surface area (Å²) in [5.74, 6) is -1.50. The lowest BCUT2D eigenvalue weighted by atomic mass is 10.2. The third-order valence-corrected chi connectivity index (χ3v) is 4.12. The van der Waals surface area contributed by atoms with E-state index >= 15 is 0 Å². The number of rotatable bonds is 6. The Morgan fingerprint density at radius 2 is 1.77 bits per heavy atom. The molecule has 1 N–H and O–H groups in total. The number of alkyl halides is 3. The van der Waals surface area contributed by atoms with Gasteiger partial charge in [0, 0.05) is 5.56 Å². The van der Waals surface area contributed by atoms with Gasteiger partial charge in [0.2, 0.25) is 5.82 Å². The summed E-state index contributed by atoms with van der Waals surface area (Å²) in [7, 11) is 0. The van der Waals surface area contributed by atoms with Gasteiger partial charge in [-0.1, -0.05) is 17.3 Å². The number of halogens is 3. The minimum absolute atomic E-state index is 0.173. The van der Waals surface area contributed by atoms with Gasteiger partial charge < -0.3 is 14.6 Å². The van der Waals surface area contributed by atoms with Crippen molar-refractivity contribution in [3.8, 4) is 17.1 Å². The number of aromatic nitrogens is 4. The lowest BCUT2D eigenvalue weighted by Crippen LogP contribution is -2.28. The highest BCUT2D eigenvalue weighted by Crippen LogP contribution is 2.29. The molecule has 0 saturated carbocycles. The Hall–Kier alpha value is -4.02. The maximum Gasteiger partial charge on any atom is 0.471 e. The van der Waals surface area contributed by atoms with Gasteiger partial charge in [0.15, 0.2) is 0 Å². The number of nitrogens with one attached hydrogen (secondary N) is 1. The SMILES string of the molecule is O=C(NCCOc1ccc(-c2noc(C(F)(F)F)n2)cc1)c1cnc2ccccc2n1. The molecule has 4 rings (SSSR count). The van der Waals surface area contributed by atoms with Gasteiger partial charge in [-0.2, -0.15) is 18.2 Å². The molecule has 0 bridgehead atoms. The van der Waals surface area contributed by atoms with Crippen molar-refractivity contribution in [3.63, 3.8) is 0 Å². The summed E-state index contributed by atoms with van der Waals surface area (Å²) in [5.41, 5.74) is 1.85. The molecule has 8 nitrogen and oxygen atoms in total. The molecule has 1 amide bonds. The van der Waals surface area contributed by atoms with Crippen molar-refractivity contribution >= 4 is 16.9 Å². The molecule has 0 fully saturated rings. The van der Waals surface area contributed by atoms with Crippen LogP contribution in [0.15, 0.2) is 59.3 Å². The highest BCUT2D eigenvalue weighted by Gasteiger charge is 2.38. The van der Waals surface area contributed by atoms with Gasteiger partial charge in [0.1, 0.15) is 18.1 Å². The first-order valence-corrected chi connectivity index (χ1v) is 9.04. The molecule has 2 aromatic carbocycles. The number of carbonyl (C=O) groups is 1. The Kier molecular flexibility index (Phi) is 5.48. The number of nitrogens with zero attached hydrogens (tertiary/aromatic N) is 4. The predicted molar refractivity (Wildman–Crippen MR) is 102 cm³/mol. The van der Waals surface area contributed by atoms with E-state index in [4.69, 9.17) is 4.74 Å². The number of hydrogen-bond acceptors (Lipinski definition) is 7. The summed E-state index contributed by atoms with van der Waals surface area (Å²) in [6.45, 7) is 0.390. The van der Waals surface area contributed by atoms with Crippen LogP contribution in [0.4, 0.5) is 13.2 Å². The van der Waals surface area contributed by atoms with Crippen molar-refractivity contribution < 1.29 is 27.2 Å². The van der Waals surface area contributed by atoms with Gasteiger partial charge in [-0.3, -0.25) is 9.78 Å². The van der Waals surface area contributed by atoms with Gasteiger partial charge in [0.25, 0.3) is 5.91 Å². The molecular formula is C20H14F3N5O3. The second-order valence-electron chi connectivity index (χ2n) is 6.29. The Balaban J connectivity index is 1.28. The highest BCUT2D eigenvalue weighted by atomic mass is 19.4. The summed E-state index contributed by atoms with van der Waals surface area (Å²) < 4.78 is 47.3. The highest BCUT2D eigenvalue weighted by molar-refractivity contribution is 5.93. The maximum absolute atomic E-state index is 12.5. The van der Waals surface area contributed by atoms with E-state index in [2.05, 4.69) is 29.9 Å². The quantitative estimate of drug-likeness (QED) is 0.468. The normalized spacial score (nSPS) is 11.5. The third kappa shape index (κ3) is 4.77. The first kappa shape index (κ1) is 20.3. The molecule has 0 atom stereocenters. The average Bonchev–Trinajstić information content (AvgIpc) is 3.28. The van der Waals surface area contributed by atoms with E-state index < -0.39 is 12.1 Å². The van der Waals surface area contributed by atoms with E-state index in [9.17, 15) is 18.0 Å². The van der Waals surface area contributed by atoms with E-state index in [0.29, 0.717) is 22.3 Å². The van der Waals surface area contributed by atoms with E-state index in [0.717, 1.165) is 0 Å². The molecule has 0 unspecified atom stereocenters. The molecule has 0 spiro atoms. The van der Waals surface area contributed by atoms with Crippen LogP contribution in [0.25, 0.3) is 22.4 Å². The monoisotopic (exact) mass is 429 g/mol. The van der Waals surface area contributed by atoms with Crippen LogP contribution in [-0.4, -0.2) is 39.2 Å². The van der Waals surface area contributed by atoms with E-state index in [-0.39, 0.29) is 30.6 Å². The standard InChI is InChI=1S/C20H14F3N5O3/c21-20(22,23)19-27-17(28-31-19)12-5-7-13(8-6-12)30-10-9-24-18(29)16-11-25-14-3-1-2-4-15(14)26-16/h1-8,11H,9-10H2,(H,24,29). The minimum Gasteiger partial charge on any atom is -0.492 e. The molecule has 158 valence electrons. The van der Waals surface area contributed by atoms with Gasteiger partial charge in [-0.25, -0.2) is 4.98 Å². The van der Waals surface area contributed by atoms with Crippen LogP contribution in [0, 0.1) is 0 Å². The Bertz CT molecular complexity index is 1210. The molecule has 0 aliphatic rings. The van der Waals surface area contributed by atoms with E-state index in [1.807, 2.05) is 12.1 Å². The fraction of sp³-hybridized carbons (Fsp3) is 0.150. The number of fused-ring (bicyclic) bond motifs is 1. The zero-order chi connectivity index (χ0) is 21.8. The summed E-state index contributed by atoms with van der Waals surface area (Å²) in [5, 5.41) is 6.00. The molecule has 0 aliphatic heterocycles. The fourth-order valence-electron chi connectivity index (χ4n) is 2.65. The molecule has 11 heteroatoms. The number of ether oxygens (including phenoxy) is 1. The molecule has 2 aromatic heterocycles. The number of hydrogen-bond donors (Lipinski definition) is 1. The second-order valence-corrected chi connectivity index (χ2v) is 6.29.